The van der Waals surface area contributed by atoms with Crippen LogP contribution in [0.5, 0.6) is 46.0 Å². The predicted molar refractivity (Wildman–Crippen MR) is 241 cm³/mol. The Hall–Kier alpha value is -7.96. The number of anilines is 4. The molecule has 4 aromatic heterocycles. The maximum Gasteiger partial charge on any atom is 0.324 e. The normalized spacial score (nSPS) is 10.6. The second-order valence-corrected chi connectivity index (χ2v) is 14.2. The second-order valence-electron chi connectivity index (χ2n) is 13.4. The van der Waals surface area contributed by atoms with Gasteiger partial charge in [0, 0.05) is 59.6 Å². The maximum atomic E-state index is 12.2. The first kappa shape index (κ1) is 44.1. The molecule has 20 heteroatoms. The number of hydrogen-bond donors (Lipinski definition) is 4. The second kappa shape index (κ2) is 19.8. The fraction of sp³-hybridized carbons (Fsp3) is 0.136. The lowest BCUT2D eigenvalue weighted by atomic mass is 10.2. The summed E-state index contributed by atoms with van der Waals surface area (Å²) < 4.78 is 43.3. The fourth-order valence-electron chi connectivity index (χ4n) is 6.04. The van der Waals surface area contributed by atoms with Crippen LogP contribution in [0.3, 0.4) is 0 Å². The third kappa shape index (κ3) is 10.6. The molecule has 4 heterocycles. The van der Waals surface area contributed by atoms with Crippen LogP contribution in [-0.4, -0.2) is 60.8 Å². The van der Waals surface area contributed by atoms with Crippen molar-refractivity contribution in [1.29, 1.82) is 0 Å². The first-order chi connectivity index (χ1) is 30.9. The van der Waals surface area contributed by atoms with Crippen molar-refractivity contribution < 1.29 is 47.1 Å². The van der Waals surface area contributed by atoms with E-state index in [4.69, 9.17) is 60.7 Å². The lowest BCUT2D eigenvalue weighted by Crippen LogP contribution is -2.19. The van der Waals surface area contributed by atoms with Gasteiger partial charge in [0.05, 0.1) is 60.9 Å². The number of hydrogen-bond acceptors (Lipinski definition) is 14. The summed E-state index contributed by atoms with van der Waals surface area (Å²) in [4.78, 5) is 33.0. The summed E-state index contributed by atoms with van der Waals surface area (Å²) in [7, 11) is 6.25. The summed E-state index contributed by atoms with van der Waals surface area (Å²) in [5, 5.41) is 19.9. The van der Waals surface area contributed by atoms with Crippen molar-refractivity contribution in [1.82, 2.24) is 20.3 Å². The van der Waals surface area contributed by atoms with Crippen LogP contribution in [0.25, 0.3) is 21.8 Å². The number of carbonyl (C=O) groups excluding carboxylic acids is 2. The zero-order valence-electron chi connectivity index (χ0n) is 34.9. The molecule has 4 amide bonds. The van der Waals surface area contributed by atoms with E-state index in [0.29, 0.717) is 102 Å². The number of methoxy groups -OCH3 is 4. The molecule has 0 aliphatic rings. The van der Waals surface area contributed by atoms with Crippen molar-refractivity contribution in [3.8, 4) is 46.0 Å². The largest absolute Gasteiger partial charge is 0.493 e. The van der Waals surface area contributed by atoms with Gasteiger partial charge >= 0.3 is 12.1 Å². The van der Waals surface area contributed by atoms with E-state index < -0.39 is 12.1 Å². The number of nitrogens with one attached hydrogen (secondary N) is 4. The zero-order valence-corrected chi connectivity index (χ0v) is 36.4. The number of carbonyl (C=O) groups is 2. The van der Waals surface area contributed by atoms with Crippen molar-refractivity contribution in [3.63, 3.8) is 0 Å². The van der Waals surface area contributed by atoms with Crippen LogP contribution in [0.4, 0.5) is 32.6 Å². The Morgan fingerprint density at radius 3 is 1.23 bits per heavy atom. The van der Waals surface area contributed by atoms with Crippen LogP contribution in [-0.2, 0) is 0 Å². The molecule has 0 bridgehead atoms. The molecule has 0 saturated heterocycles. The molecule has 0 spiro atoms. The van der Waals surface area contributed by atoms with E-state index >= 15 is 0 Å². The molecule has 8 rings (SSSR count). The van der Waals surface area contributed by atoms with Gasteiger partial charge in [-0.25, -0.2) is 9.59 Å². The number of aryl methyl sites for hydroxylation is 2. The number of benzene rings is 4. The van der Waals surface area contributed by atoms with Crippen molar-refractivity contribution in [2.24, 2.45) is 0 Å². The Kier molecular flexibility index (Phi) is 13.7. The average Bonchev–Trinajstić information content (AvgIpc) is 3.90. The summed E-state index contributed by atoms with van der Waals surface area (Å²) in [6.07, 6.45) is 3.27. The molecule has 64 heavy (non-hydrogen) atoms. The van der Waals surface area contributed by atoms with E-state index in [-0.39, 0.29) is 0 Å². The minimum Gasteiger partial charge on any atom is -0.493 e. The molecule has 0 aliphatic carbocycles. The van der Waals surface area contributed by atoms with Crippen LogP contribution in [0.1, 0.15) is 11.5 Å². The zero-order chi connectivity index (χ0) is 45.3. The number of amides is 4. The summed E-state index contributed by atoms with van der Waals surface area (Å²) >= 11 is 12.7. The number of pyridine rings is 2. The molecule has 328 valence electrons. The number of ether oxygens (including phenoxy) is 6. The highest BCUT2D eigenvalue weighted by atomic mass is 35.5. The molecule has 4 N–H and O–H groups in total. The maximum absolute atomic E-state index is 12.2. The summed E-state index contributed by atoms with van der Waals surface area (Å²) in [5.41, 5.74) is 2.18. The molecule has 18 nitrogen and oxygen atoms in total. The Morgan fingerprint density at radius 1 is 0.500 bits per heavy atom. The molecule has 0 fully saturated rings. The molecule has 0 atom stereocenters. The molecule has 0 saturated carbocycles. The van der Waals surface area contributed by atoms with Gasteiger partial charge < -0.3 is 48.1 Å². The van der Waals surface area contributed by atoms with E-state index in [0.717, 1.165) is 10.8 Å². The predicted octanol–water partition coefficient (Wildman–Crippen LogP) is 11.3. The van der Waals surface area contributed by atoms with Crippen LogP contribution in [0, 0.1) is 13.8 Å². The van der Waals surface area contributed by atoms with Crippen molar-refractivity contribution in [2.75, 3.05) is 49.7 Å². The van der Waals surface area contributed by atoms with Gasteiger partial charge in [-0.05, 0) is 62.4 Å². The molecule has 8 aromatic rings. The van der Waals surface area contributed by atoms with Crippen LogP contribution >= 0.6 is 23.2 Å². The monoisotopic (exact) mass is 908 g/mol. The van der Waals surface area contributed by atoms with Gasteiger partial charge in [-0.1, -0.05) is 33.5 Å². The van der Waals surface area contributed by atoms with Gasteiger partial charge in [-0.2, -0.15) is 0 Å². The SMILES string of the molecule is COc1cc2nccc(Oc3ccc(NC(=O)Nc4cc(C)on4)c(Cl)c3)c2cc1OC.COc1cc2nccc(Oc3ccc(NC(=O)Nc4cc(C)on4)c(Cl)c3)c2cc1OC. The van der Waals surface area contributed by atoms with E-state index in [1.165, 1.54) is 0 Å². The van der Waals surface area contributed by atoms with E-state index in [1.807, 2.05) is 0 Å². The first-order valence-corrected chi connectivity index (χ1v) is 19.7. The summed E-state index contributed by atoms with van der Waals surface area (Å²) in [6.45, 7) is 3.45. The van der Waals surface area contributed by atoms with Gasteiger partial charge in [0.25, 0.3) is 0 Å². The van der Waals surface area contributed by atoms with Crippen molar-refractivity contribution >= 4 is 80.1 Å². The minimum atomic E-state index is -0.505. The number of urea groups is 2. The Balaban J connectivity index is 0.000000191. The van der Waals surface area contributed by atoms with E-state index in [9.17, 15) is 9.59 Å². The quantitative estimate of drug-likeness (QED) is 0.0897. The van der Waals surface area contributed by atoms with E-state index in [2.05, 4.69) is 41.5 Å². The van der Waals surface area contributed by atoms with Gasteiger partial charge in [-0.15, -0.1) is 0 Å². The highest BCUT2D eigenvalue weighted by molar-refractivity contribution is 6.34. The van der Waals surface area contributed by atoms with Gasteiger partial charge in [-0.3, -0.25) is 20.6 Å². The molecule has 0 unspecified atom stereocenters. The summed E-state index contributed by atoms with van der Waals surface area (Å²) in [6, 6.07) is 22.7. The molecule has 0 aliphatic heterocycles. The third-order valence-corrected chi connectivity index (χ3v) is 9.61. The highest BCUT2D eigenvalue weighted by Gasteiger charge is 2.16. The number of rotatable bonds is 12. The topological polar surface area (TPSA) is 215 Å². The lowest BCUT2D eigenvalue weighted by molar-refractivity contribution is 0.261. The van der Waals surface area contributed by atoms with Crippen molar-refractivity contribution in [3.05, 3.63) is 119 Å². The van der Waals surface area contributed by atoms with Crippen LogP contribution < -0.4 is 49.7 Å². The molecular weight excluding hydrogens is 871 g/mol. The van der Waals surface area contributed by atoms with Crippen LogP contribution in [0.15, 0.2) is 106 Å². The van der Waals surface area contributed by atoms with Crippen LogP contribution in [0.2, 0.25) is 10.0 Å². The smallest absolute Gasteiger partial charge is 0.324 e. The third-order valence-electron chi connectivity index (χ3n) is 8.99. The number of halogens is 2. The number of nitrogens with zero attached hydrogens (tertiary/aromatic N) is 4. The first-order valence-electron chi connectivity index (χ1n) is 18.9. The average molecular weight is 910 g/mol. The minimum absolute atomic E-state index is 0.298. The number of aromatic nitrogens is 4. The molecule has 4 aromatic carbocycles. The molecular formula is C44H38Cl2N8O10. The van der Waals surface area contributed by atoms with E-state index in [1.54, 1.807) is 140 Å². The highest BCUT2D eigenvalue weighted by Crippen LogP contribution is 2.40. The number of fused-ring (bicyclic) bond motifs is 2. The Morgan fingerprint density at radius 2 is 0.891 bits per heavy atom. The van der Waals surface area contributed by atoms with Gasteiger partial charge in [0.2, 0.25) is 0 Å². The standard InChI is InChI=1S/2C22H19ClN4O5/c2*1-12-8-21(27-32-12)26-22(28)25-16-5-4-13(9-15(16)23)31-18-6-7-24-17-11-20(30-3)19(29-2)10-14(17)18/h2*4-11H,1-3H3,(H2,25,26,27,28). The lowest BCUT2D eigenvalue weighted by Gasteiger charge is -2.13. The molecule has 0 radical (unpaired) electrons. The Bertz CT molecular complexity index is 2780. The fourth-order valence-corrected chi connectivity index (χ4v) is 6.47. The van der Waals surface area contributed by atoms with Crippen molar-refractivity contribution in [2.45, 2.75) is 13.8 Å². The van der Waals surface area contributed by atoms with Gasteiger partial charge in [0.1, 0.15) is 34.5 Å². The van der Waals surface area contributed by atoms with Gasteiger partial charge in [0.15, 0.2) is 34.6 Å². The summed E-state index contributed by atoms with van der Waals surface area (Å²) in [5.74, 6) is 6.11. The Labute approximate surface area is 374 Å².